The first-order valence-electron chi connectivity index (χ1n) is 7.23. The lowest BCUT2D eigenvalue weighted by atomic mass is 10.0. The molecule has 2 fully saturated rings. The molecule has 6 nitrogen and oxygen atoms in total. The molecule has 0 spiro atoms. The molecule has 1 N–H and O–H groups in total. The molecule has 7 heteroatoms. The molecule has 2 aliphatic rings. The van der Waals surface area contributed by atoms with Crippen molar-refractivity contribution in [2.24, 2.45) is 0 Å². The third-order valence-corrected chi connectivity index (χ3v) is 4.99. The molecular formula is C14H19BrN4O2. The number of piperazine rings is 1. The normalized spacial score (nSPS) is 21.2. The number of non-ortho nitro benzene ring substituents is 1. The Hall–Kier alpha value is -1.02. The lowest BCUT2D eigenvalue weighted by Gasteiger charge is -2.47. The Kier molecular flexibility index (Phi) is 4.54. The molecule has 0 saturated carbocycles. The second-order valence-corrected chi connectivity index (χ2v) is 6.52. The van der Waals surface area contributed by atoms with Gasteiger partial charge in [0.05, 0.1) is 4.92 Å². The van der Waals surface area contributed by atoms with Gasteiger partial charge in [-0.25, -0.2) is 0 Å². The molecule has 1 aromatic rings. The van der Waals surface area contributed by atoms with Crippen LogP contribution in [0.5, 0.6) is 0 Å². The summed E-state index contributed by atoms with van der Waals surface area (Å²) < 4.78 is 0.822. The van der Waals surface area contributed by atoms with E-state index in [9.17, 15) is 10.1 Å². The molecule has 2 heterocycles. The third-order valence-electron chi connectivity index (χ3n) is 4.25. The maximum Gasteiger partial charge on any atom is 0.270 e. The molecule has 0 aromatic heterocycles. The zero-order valence-electron chi connectivity index (χ0n) is 11.8. The van der Waals surface area contributed by atoms with Crippen molar-refractivity contribution in [3.63, 3.8) is 0 Å². The molecule has 0 aliphatic carbocycles. The Labute approximate surface area is 132 Å². The molecule has 0 atom stereocenters. The fourth-order valence-corrected chi connectivity index (χ4v) is 3.46. The van der Waals surface area contributed by atoms with Crippen LogP contribution in [0.3, 0.4) is 0 Å². The van der Waals surface area contributed by atoms with Crippen molar-refractivity contribution in [1.82, 2.24) is 15.1 Å². The van der Waals surface area contributed by atoms with Gasteiger partial charge in [0.2, 0.25) is 0 Å². The zero-order valence-corrected chi connectivity index (χ0v) is 13.4. The van der Waals surface area contributed by atoms with Crippen molar-refractivity contribution >= 4 is 21.6 Å². The molecule has 21 heavy (non-hydrogen) atoms. The summed E-state index contributed by atoms with van der Waals surface area (Å²) in [5.74, 6) is 0. The highest BCUT2D eigenvalue weighted by Crippen LogP contribution is 2.26. The van der Waals surface area contributed by atoms with Crippen LogP contribution >= 0.6 is 15.9 Å². The number of halogens is 1. The Morgan fingerprint density at radius 1 is 1.33 bits per heavy atom. The number of nitrogens with zero attached hydrogens (tertiary/aromatic N) is 3. The molecule has 0 amide bonds. The summed E-state index contributed by atoms with van der Waals surface area (Å²) >= 11 is 3.44. The first-order chi connectivity index (χ1) is 10.1. The van der Waals surface area contributed by atoms with Crippen LogP contribution in [0.4, 0.5) is 5.69 Å². The SMILES string of the molecule is O=[N+]([O-])c1ccc(CN2CC(N3CCNCC3)C2)c(Br)c1. The summed E-state index contributed by atoms with van der Waals surface area (Å²) in [6.45, 7) is 7.47. The smallest absolute Gasteiger partial charge is 0.270 e. The molecule has 0 radical (unpaired) electrons. The van der Waals surface area contributed by atoms with Gasteiger partial charge in [-0.15, -0.1) is 0 Å². The summed E-state index contributed by atoms with van der Waals surface area (Å²) in [7, 11) is 0. The van der Waals surface area contributed by atoms with Crippen LogP contribution in [-0.4, -0.2) is 60.0 Å². The van der Waals surface area contributed by atoms with Gasteiger partial charge >= 0.3 is 0 Å². The maximum atomic E-state index is 10.7. The highest BCUT2D eigenvalue weighted by Gasteiger charge is 2.32. The van der Waals surface area contributed by atoms with Gasteiger partial charge < -0.3 is 5.32 Å². The average Bonchev–Trinajstić information content (AvgIpc) is 2.44. The monoisotopic (exact) mass is 354 g/mol. The predicted octanol–water partition coefficient (Wildman–Crippen LogP) is 1.45. The third kappa shape index (κ3) is 3.42. The van der Waals surface area contributed by atoms with Crippen LogP contribution in [0, 0.1) is 10.1 Å². The molecule has 1 aromatic carbocycles. The van der Waals surface area contributed by atoms with Gasteiger partial charge in [0.15, 0.2) is 0 Å². The number of rotatable bonds is 4. The van der Waals surface area contributed by atoms with Crippen molar-refractivity contribution < 1.29 is 4.92 Å². The summed E-state index contributed by atoms with van der Waals surface area (Å²) in [6.07, 6.45) is 0. The van der Waals surface area contributed by atoms with Crippen molar-refractivity contribution in [1.29, 1.82) is 0 Å². The Morgan fingerprint density at radius 2 is 2.05 bits per heavy atom. The molecule has 0 unspecified atom stereocenters. The first-order valence-corrected chi connectivity index (χ1v) is 8.03. The molecule has 2 saturated heterocycles. The van der Waals surface area contributed by atoms with E-state index in [-0.39, 0.29) is 10.6 Å². The average molecular weight is 355 g/mol. The van der Waals surface area contributed by atoms with E-state index in [0.29, 0.717) is 6.04 Å². The minimum atomic E-state index is -0.363. The Balaban J connectivity index is 1.53. The van der Waals surface area contributed by atoms with Crippen LogP contribution in [0.2, 0.25) is 0 Å². The van der Waals surface area contributed by atoms with Crippen molar-refractivity contribution in [2.75, 3.05) is 39.3 Å². The second kappa shape index (κ2) is 6.39. The van der Waals surface area contributed by atoms with Crippen LogP contribution in [0.1, 0.15) is 5.56 Å². The standard InChI is InChI=1S/C14H19BrN4O2/c15-14-7-12(19(20)21)2-1-11(14)8-17-9-13(10-17)18-5-3-16-4-6-18/h1-2,7,13,16H,3-6,8-10H2. The van der Waals surface area contributed by atoms with E-state index in [4.69, 9.17) is 0 Å². The topological polar surface area (TPSA) is 61.7 Å². The number of nitro groups is 1. The van der Waals surface area contributed by atoms with Crippen LogP contribution in [0.15, 0.2) is 22.7 Å². The summed E-state index contributed by atoms with van der Waals surface area (Å²) in [5, 5.41) is 14.1. The second-order valence-electron chi connectivity index (χ2n) is 5.67. The van der Waals surface area contributed by atoms with Crippen molar-refractivity contribution in [3.05, 3.63) is 38.3 Å². The van der Waals surface area contributed by atoms with E-state index < -0.39 is 0 Å². The summed E-state index contributed by atoms with van der Waals surface area (Å²) in [5.41, 5.74) is 1.24. The van der Waals surface area contributed by atoms with Crippen LogP contribution in [-0.2, 0) is 6.54 Å². The number of nitro benzene ring substituents is 1. The predicted molar refractivity (Wildman–Crippen MR) is 84.3 cm³/mol. The van der Waals surface area contributed by atoms with Gasteiger partial charge in [-0.05, 0) is 11.6 Å². The summed E-state index contributed by atoms with van der Waals surface area (Å²) in [6, 6.07) is 5.68. The molecule has 114 valence electrons. The minimum Gasteiger partial charge on any atom is -0.314 e. The van der Waals surface area contributed by atoms with E-state index >= 15 is 0 Å². The largest absolute Gasteiger partial charge is 0.314 e. The highest BCUT2D eigenvalue weighted by atomic mass is 79.9. The number of likely N-dealkylation sites (tertiary alicyclic amines) is 1. The number of hydrogen-bond acceptors (Lipinski definition) is 5. The number of hydrogen-bond donors (Lipinski definition) is 1. The Morgan fingerprint density at radius 3 is 2.67 bits per heavy atom. The number of nitrogens with one attached hydrogen (secondary N) is 1. The molecular weight excluding hydrogens is 336 g/mol. The lowest BCUT2D eigenvalue weighted by Crippen LogP contribution is -2.62. The van der Waals surface area contributed by atoms with Gasteiger partial charge in [0.25, 0.3) is 5.69 Å². The fourth-order valence-electron chi connectivity index (χ4n) is 2.97. The quantitative estimate of drug-likeness (QED) is 0.654. The van der Waals surface area contributed by atoms with Crippen molar-refractivity contribution in [2.45, 2.75) is 12.6 Å². The van der Waals surface area contributed by atoms with E-state index in [1.165, 1.54) is 0 Å². The fraction of sp³-hybridized carbons (Fsp3) is 0.571. The number of benzene rings is 1. The zero-order chi connectivity index (χ0) is 14.8. The molecule has 3 rings (SSSR count). The molecule has 0 bridgehead atoms. The minimum absolute atomic E-state index is 0.132. The van der Waals surface area contributed by atoms with E-state index in [0.717, 1.165) is 55.8 Å². The van der Waals surface area contributed by atoms with Gasteiger partial charge in [-0.3, -0.25) is 19.9 Å². The van der Waals surface area contributed by atoms with Crippen molar-refractivity contribution in [3.8, 4) is 0 Å². The summed E-state index contributed by atoms with van der Waals surface area (Å²) in [4.78, 5) is 15.3. The van der Waals surface area contributed by atoms with Gasteiger partial charge in [-0.2, -0.15) is 0 Å². The maximum absolute atomic E-state index is 10.7. The van der Waals surface area contributed by atoms with Crippen LogP contribution < -0.4 is 5.32 Å². The first kappa shape index (κ1) is 14.9. The van der Waals surface area contributed by atoms with E-state index in [2.05, 4.69) is 31.0 Å². The molecule has 2 aliphatic heterocycles. The highest BCUT2D eigenvalue weighted by molar-refractivity contribution is 9.10. The van der Waals surface area contributed by atoms with E-state index in [1.807, 2.05) is 6.07 Å². The Bertz CT molecular complexity index is 528. The van der Waals surface area contributed by atoms with Gasteiger partial charge in [-0.1, -0.05) is 15.9 Å². The lowest BCUT2D eigenvalue weighted by molar-refractivity contribution is -0.384. The van der Waals surface area contributed by atoms with Crippen LogP contribution in [0.25, 0.3) is 0 Å². The van der Waals surface area contributed by atoms with Gasteiger partial charge in [0.1, 0.15) is 0 Å². The van der Waals surface area contributed by atoms with Gasteiger partial charge in [0, 0.05) is 68.5 Å². The van der Waals surface area contributed by atoms with E-state index in [1.54, 1.807) is 12.1 Å².